The van der Waals surface area contributed by atoms with Crippen molar-refractivity contribution in [1.29, 1.82) is 0 Å². The number of hydrazine groups is 1. The summed E-state index contributed by atoms with van der Waals surface area (Å²) in [5.41, 5.74) is 10.7. The van der Waals surface area contributed by atoms with Gasteiger partial charge in [0.2, 0.25) is 0 Å². The van der Waals surface area contributed by atoms with Crippen molar-refractivity contribution in [3.05, 3.63) is 62.6 Å². The molecule has 0 radical (unpaired) electrons. The minimum atomic E-state index is -0.358. The summed E-state index contributed by atoms with van der Waals surface area (Å²) >= 11 is 18.1. The molecule has 0 spiro atoms. The standard InChI is InChI=1S/C13H12Cl3N3/c14-7-2-4-11(16)10(5-7)13(19-18)9-3-1-8(15)6-12(9)17/h1-6,13,19H,17-18H2. The molecule has 6 heteroatoms. The summed E-state index contributed by atoms with van der Waals surface area (Å²) in [5.74, 6) is 5.62. The largest absolute Gasteiger partial charge is 0.398 e. The van der Waals surface area contributed by atoms with Gasteiger partial charge in [0.05, 0.1) is 6.04 Å². The fourth-order valence-corrected chi connectivity index (χ4v) is 2.48. The number of anilines is 1. The van der Waals surface area contributed by atoms with E-state index in [0.29, 0.717) is 20.8 Å². The van der Waals surface area contributed by atoms with Crippen LogP contribution in [0.5, 0.6) is 0 Å². The Labute approximate surface area is 126 Å². The highest BCUT2D eigenvalue weighted by Crippen LogP contribution is 2.33. The van der Waals surface area contributed by atoms with Crippen LogP contribution in [-0.4, -0.2) is 0 Å². The Morgan fingerprint density at radius 1 is 0.895 bits per heavy atom. The molecule has 0 aliphatic carbocycles. The van der Waals surface area contributed by atoms with Gasteiger partial charge in [0.15, 0.2) is 0 Å². The average Bonchev–Trinajstić information content (AvgIpc) is 2.36. The Bertz CT molecular complexity index is 602. The van der Waals surface area contributed by atoms with Crippen LogP contribution in [0.2, 0.25) is 15.1 Å². The Hall–Kier alpha value is -0.970. The van der Waals surface area contributed by atoms with E-state index in [2.05, 4.69) is 5.43 Å². The first-order valence-corrected chi connectivity index (χ1v) is 6.62. The van der Waals surface area contributed by atoms with Crippen LogP contribution in [0.1, 0.15) is 17.2 Å². The number of nitrogen functional groups attached to an aromatic ring is 1. The van der Waals surface area contributed by atoms with Crippen molar-refractivity contribution in [3.8, 4) is 0 Å². The quantitative estimate of drug-likeness (QED) is 0.459. The number of nitrogens with two attached hydrogens (primary N) is 2. The van der Waals surface area contributed by atoms with Gasteiger partial charge >= 0.3 is 0 Å². The molecule has 100 valence electrons. The molecule has 1 unspecified atom stereocenters. The Balaban J connectivity index is 2.52. The third-order valence-electron chi connectivity index (χ3n) is 2.80. The van der Waals surface area contributed by atoms with Crippen LogP contribution in [0.4, 0.5) is 5.69 Å². The SMILES string of the molecule is NNC(c1ccc(Cl)cc1N)c1cc(Cl)ccc1Cl. The predicted molar refractivity (Wildman–Crippen MR) is 81.5 cm³/mol. The molecular weight excluding hydrogens is 305 g/mol. The minimum Gasteiger partial charge on any atom is -0.398 e. The van der Waals surface area contributed by atoms with E-state index in [-0.39, 0.29) is 6.04 Å². The van der Waals surface area contributed by atoms with E-state index in [0.717, 1.165) is 11.1 Å². The monoisotopic (exact) mass is 315 g/mol. The summed E-state index contributed by atoms with van der Waals surface area (Å²) in [6.07, 6.45) is 0. The third kappa shape index (κ3) is 3.14. The van der Waals surface area contributed by atoms with Gasteiger partial charge in [-0.1, -0.05) is 40.9 Å². The van der Waals surface area contributed by atoms with Gasteiger partial charge in [-0.25, -0.2) is 5.43 Å². The maximum absolute atomic E-state index is 6.18. The fourth-order valence-electron chi connectivity index (χ4n) is 1.89. The molecule has 0 aromatic heterocycles. The van der Waals surface area contributed by atoms with Crippen molar-refractivity contribution in [2.45, 2.75) is 6.04 Å². The second-order valence-corrected chi connectivity index (χ2v) is 5.32. The molecule has 0 amide bonds. The molecule has 5 N–H and O–H groups in total. The smallest absolute Gasteiger partial charge is 0.0744 e. The zero-order chi connectivity index (χ0) is 14.0. The lowest BCUT2D eigenvalue weighted by Crippen LogP contribution is -2.29. The number of hydrogen-bond acceptors (Lipinski definition) is 3. The van der Waals surface area contributed by atoms with Gasteiger partial charge < -0.3 is 5.73 Å². The Kier molecular flexibility index (Phi) is 4.55. The van der Waals surface area contributed by atoms with Gasteiger partial charge in [-0.05, 0) is 41.5 Å². The van der Waals surface area contributed by atoms with Crippen LogP contribution in [0.15, 0.2) is 36.4 Å². The Morgan fingerprint density at radius 2 is 1.53 bits per heavy atom. The van der Waals surface area contributed by atoms with E-state index >= 15 is 0 Å². The van der Waals surface area contributed by atoms with Crippen molar-refractivity contribution in [2.75, 3.05) is 5.73 Å². The molecule has 0 bridgehead atoms. The predicted octanol–water partition coefficient (Wildman–Crippen LogP) is 3.78. The van der Waals surface area contributed by atoms with Crippen molar-refractivity contribution in [3.63, 3.8) is 0 Å². The first-order chi connectivity index (χ1) is 9.02. The second kappa shape index (κ2) is 5.99. The number of hydrogen-bond donors (Lipinski definition) is 3. The van der Waals surface area contributed by atoms with E-state index in [1.807, 2.05) is 0 Å². The second-order valence-electron chi connectivity index (χ2n) is 4.04. The van der Waals surface area contributed by atoms with Crippen LogP contribution in [0, 0.1) is 0 Å². The number of nitrogens with one attached hydrogen (secondary N) is 1. The molecule has 19 heavy (non-hydrogen) atoms. The van der Waals surface area contributed by atoms with Crippen LogP contribution >= 0.6 is 34.8 Å². The molecule has 0 saturated heterocycles. The number of benzene rings is 2. The van der Waals surface area contributed by atoms with Crippen molar-refractivity contribution in [2.24, 2.45) is 5.84 Å². The van der Waals surface area contributed by atoms with Gasteiger partial charge in [-0.3, -0.25) is 5.84 Å². The highest BCUT2D eigenvalue weighted by atomic mass is 35.5. The third-order valence-corrected chi connectivity index (χ3v) is 3.61. The van der Waals surface area contributed by atoms with E-state index in [1.54, 1.807) is 36.4 Å². The van der Waals surface area contributed by atoms with Crippen LogP contribution < -0.4 is 17.0 Å². The number of rotatable bonds is 3. The van der Waals surface area contributed by atoms with E-state index in [9.17, 15) is 0 Å². The molecule has 0 saturated carbocycles. The van der Waals surface area contributed by atoms with Crippen LogP contribution in [0.3, 0.4) is 0 Å². The summed E-state index contributed by atoms with van der Waals surface area (Å²) < 4.78 is 0. The van der Waals surface area contributed by atoms with Gasteiger partial charge in [0.1, 0.15) is 0 Å². The van der Waals surface area contributed by atoms with Crippen LogP contribution in [0.25, 0.3) is 0 Å². The summed E-state index contributed by atoms with van der Waals surface area (Å²) in [7, 11) is 0. The average molecular weight is 317 g/mol. The lowest BCUT2D eigenvalue weighted by atomic mass is 9.98. The van der Waals surface area contributed by atoms with E-state index in [1.165, 1.54) is 0 Å². The Morgan fingerprint density at radius 3 is 2.16 bits per heavy atom. The molecule has 0 heterocycles. The van der Waals surface area contributed by atoms with Crippen molar-refractivity contribution < 1.29 is 0 Å². The van der Waals surface area contributed by atoms with Crippen LogP contribution in [-0.2, 0) is 0 Å². The first-order valence-electron chi connectivity index (χ1n) is 5.49. The highest BCUT2D eigenvalue weighted by Gasteiger charge is 2.18. The lowest BCUT2D eigenvalue weighted by molar-refractivity contribution is 0.639. The zero-order valence-corrected chi connectivity index (χ0v) is 12.1. The molecule has 2 rings (SSSR count). The molecule has 0 fully saturated rings. The van der Waals surface area contributed by atoms with E-state index in [4.69, 9.17) is 46.4 Å². The van der Waals surface area contributed by atoms with Crippen molar-refractivity contribution >= 4 is 40.5 Å². The maximum Gasteiger partial charge on any atom is 0.0744 e. The number of halogens is 3. The van der Waals surface area contributed by atoms with E-state index < -0.39 is 0 Å². The summed E-state index contributed by atoms with van der Waals surface area (Å²) in [6, 6.07) is 10.0. The van der Waals surface area contributed by atoms with Crippen molar-refractivity contribution in [1.82, 2.24) is 5.43 Å². The molecule has 0 aliphatic heterocycles. The summed E-state index contributed by atoms with van der Waals surface area (Å²) in [4.78, 5) is 0. The minimum absolute atomic E-state index is 0.358. The maximum atomic E-state index is 6.18. The normalized spacial score (nSPS) is 12.4. The zero-order valence-electron chi connectivity index (χ0n) is 9.83. The fraction of sp³-hybridized carbons (Fsp3) is 0.0769. The van der Waals surface area contributed by atoms with Gasteiger partial charge in [-0.2, -0.15) is 0 Å². The van der Waals surface area contributed by atoms with Gasteiger partial charge in [-0.15, -0.1) is 0 Å². The molecule has 3 nitrogen and oxygen atoms in total. The summed E-state index contributed by atoms with van der Waals surface area (Å²) in [5, 5.41) is 1.70. The molecule has 2 aromatic rings. The summed E-state index contributed by atoms with van der Waals surface area (Å²) in [6.45, 7) is 0. The first kappa shape index (κ1) is 14.4. The topological polar surface area (TPSA) is 64.1 Å². The molecular formula is C13H12Cl3N3. The highest BCUT2D eigenvalue weighted by molar-refractivity contribution is 6.33. The molecule has 2 aromatic carbocycles. The molecule has 0 aliphatic rings. The van der Waals surface area contributed by atoms with Gasteiger partial charge in [0.25, 0.3) is 0 Å². The van der Waals surface area contributed by atoms with Gasteiger partial charge in [0, 0.05) is 20.8 Å². The lowest BCUT2D eigenvalue weighted by Gasteiger charge is -2.20. The molecule has 1 atom stereocenters.